The largest absolute Gasteiger partial charge is 0.356 e. The van der Waals surface area contributed by atoms with Gasteiger partial charge < -0.3 is 14.8 Å². The zero-order chi connectivity index (χ0) is 21.3. The molecule has 0 saturated carbocycles. The Morgan fingerprint density at radius 3 is 2.77 bits per heavy atom. The summed E-state index contributed by atoms with van der Waals surface area (Å²) in [7, 11) is 0. The minimum absolute atomic E-state index is 0.0406. The molecule has 1 fully saturated rings. The average molecular weight is 442 g/mol. The summed E-state index contributed by atoms with van der Waals surface area (Å²) in [6, 6.07) is 12.4. The summed E-state index contributed by atoms with van der Waals surface area (Å²) in [4.78, 5) is 38.2. The highest BCUT2D eigenvalue weighted by atomic mass is 32.2. The Morgan fingerprint density at radius 1 is 1.17 bits per heavy atom. The zero-order valence-corrected chi connectivity index (χ0v) is 18.3. The fourth-order valence-corrected chi connectivity index (χ4v) is 5.26. The molecule has 8 heteroatoms. The number of pyridine rings is 1. The maximum atomic E-state index is 12.3. The van der Waals surface area contributed by atoms with Crippen molar-refractivity contribution in [2.24, 2.45) is 5.92 Å². The van der Waals surface area contributed by atoms with Gasteiger partial charge in [-0.1, -0.05) is 42.2 Å². The van der Waals surface area contributed by atoms with E-state index in [1.807, 2.05) is 16.7 Å². The van der Waals surface area contributed by atoms with Gasteiger partial charge in [-0.05, 0) is 37.5 Å². The van der Waals surface area contributed by atoms with E-state index in [1.54, 1.807) is 30.3 Å². The van der Waals surface area contributed by atoms with Gasteiger partial charge in [0, 0.05) is 48.6 Å². The Bertz CT molecular complexity index is 1070. The van der Waals surface area contributed by atoms with E-state index >= 15 is 0 Å². The SMILES string of the molecule is CC(=O)c1cccc(NC(=O)CSC(=S)N2C[C@H]3C[C@H](C2)c2cccc(=O)n2C3)c1. The van der Waals surface area contributed by atoms with Gasteiger partial charge in [0.05, 0.1) is 5.75 Å². The van der Waals surface area contributed by atoms with Crippen LogP contribution in [0.3, 0.4) is 0 Å². The quantitative estimate of drug-likeness (QED) is 0.581. The highest BCUT2D eigenvalue weighted by Gasteiger charge is 2.35. The van der Waals surface area contributed by atoms with Crippen LogP contribution >= 0.6 is 24.0 Å². The maximum Gasteiger partial charge on any atom is 0.250 e. The molecule has 1 N–H and O–H groups in total. The van der Waals surface area contributed by atoms with Crippen molar-refractivity contribution in [3.05, 3.63) is 64.1 Å². The van der Waals surface area contributed by atoms with Crippen molar-refractivity contribution in [3.63, 3.8) is 0 Å². The van der Waals surface area contributed by atoms with Gasteiger partial charge in [-0.25, -0.2) is 0 Å². The monoisotopic (exact) mass is 441 g/mol. The standard InChI is InChI=1S/C22H23N3O3S2/c1-14(26)16-4-2-5-18(9-16)23-20(27)13-30-22(29)24-10-15-8-17(12-24)19-6-3-7-21(28)25(19)11-15/h2-7,9,15,17H,8,10-13H2,1H3,(H,23,27)/t15-,17-/m1/s1. The molecule has 1 aromatic carbocycles. The Hall–Kier alpha value is -2.45. The molecule has 1 saturated heterocycles. The molecular formula is C22H23N3O3S2. The summed E-state index contributed by atoms with van der Waals surface area (Å²) < 4.78 is 2.61. The molecule has 2 aliphatic rings. The lowest BCUT2D eigenvalue weighted by Crippen LogP contribution is -2.48. The number of hydrogen-bond donors (Lipinski definition) is 1. The molecule has 2 atom stereocenters. The number of benzene rings is 1. The molecule has 0 unspecified atom stereocenters. The number of piperidine rings is 1. The second-order valence-electron chi connectivity index (χ2n) is 7.84. The van der Waals surface area contributed by atoms with Gasteiger partial charge in [0.1, 0.15) is 4.32 Å². The molecule has 0 radical (unpaired) electrons. The molecule has 3 heterocycles. The van der Waals surface area contributed by atoms with Gasteiger partial charge in [-0.15, -0.1) is 0 Å². The zero-order valence-electron chi connectivity index (χ0n) is 16.7. The van der Waals surface area contributed by atoms with E-state index < -0.39 is 0 Å². The molecule has 30 heavy (non-hydrogen) atoms. The number of aromatic nitrogens is 1. The number of thiocarbonyl (C=S) groups is 1. The lowest BCUT2D eigenvalue weighted by Gasteiger charge is -2.43. The summed E-state index contributed by atoms with van der Waals surface area (Å²) >= 11 is 6.96. The van der Waals surface area contributed by atoms with E-state index in [0.29, 0.717) is 21.5 Å². The minimum atomic E-state index is -0.155. The van der Waals surface area contributed by atoms with Gasteiger partial charge in [0.2, 0.25) is 5.91 Å². The van der Waals surface area contributed by atoms with E-state index in [-0.39, 0.29) is 28.9 Å². The van der Waals surface area contributed by atoms with Gasteiger partial charge in [-0.3, -0.25) is 14.4 Å². The Labute approximate surface area is 184 Å². The van der Waals surface area contributed by atoms with E-state index in [9.17, 15) is 14.4 Å². The number of hydrogen-bond acceptors (Lipinski definition) is 5. The predicted molar refractivity (Wildman–Crippen MR) is 123 cm³/mol. The summed E-state index contributed by atoms with van der Waals surface area (Å²) in [5.41, 5.74) is 2.32. The fourth-order valence-electron chi connectivity index (χ4n) is 4.28. The number of ketones is 1. The molecular weight excluding hydrogens is 418 g/mol. The first-order valence-corrected chi connectivity index (χ1v) is 11.3. The van der Waals surface area contributed by atoms with Crippen LogP contribution in [0.4, 0.5) is 5.69 Å². The number of nitrogens with one attached hydrogen (secondary N) is 1. The summed E-state index contributed by atoms with van der Waals surface area (Å²) in [6.07, 6.45) is 1.07. The van der Waals surface area contributed by atoms with Crippen molar-refractivity contribution in [1.82, 2.24) is 9.47 Å². The third kappa shape index (κ3) is 4.49. The molecule has 1 amide bonds. The number of Topliss-reactive ketones (excluding diaryl/α,β-unsaturated/α-hetero) is 1. The van der Waals surface area contributed by atoms with E-state index in [2.05, 4.69) is 10.2 Å². The Kier molecular flexibility index (Phi) is 6.06. The van der Waals surface area contributed by atoms with Crippen molar-refractivity contribution in [3.8, 4) is 0 Å². The molecule has 2 aliphatic heterocycles. The number of likely N-dealkylation sites (tertiary alicyclic amines) is 1. The maximum absolute atomic E-state index is 12.3. The smallest absolute Gasteiger partial charge is 0.250 e. The lowest BCUT2D eigenvalue weighted by atomic mass is 9.83. The first kappa shape index (κ1) is 20.8. The normalized spacial score (nSPS) is 19.7. The first-order valence-electron chi connectivity index (χ1n) is 9.93. The van der Waals surface area contributed by atoms with Crippen LogP contribution in [0.5, 0.6) is 0 Å². The van der Waals surface area contributed by atoms with Crippen molar-refractivity contribution >= 4 is 45.7 Å². The second-order valence-corrected chi connectivity index (χ2v) is 9.45. The predicted octanol–water partition coefficient (Wildman–Crippen LogP) is 3.13. The highest BCUT2D eigenvalue weighted by Crippen LogP contribution is 2.36. The second kappa shape index (κ2) is 8.73. The third-order valence-corrected chi connectivity index (χ3v) is 7.14. The molecule has 2 aromatic rings. The lowest BCUT2D eigenvalue weighted by molar-refractivity contribution is -0.113. The van der Waals surface area contributed by atoms with E-state index in [0.717, 1.165) is 31.7 Å². The van der Waals surface area contributed by atoms with Crippen molar-refractivity contribution in [1.29, 1.82) is 0 Å². The molecule has 1 aromatic heterocycles. The number of rotatable bonds is 4. The number of thioether (sulfide) groups is 1. The van der Waals surface area contributed by atoms with E-state index in [4.69, 9.17) is 12.2 Å². The van der Waals surface area contributed by atoms with Gasteiger partial charge in [0.15, 0.2) is 5.78 Å². The van der Waals surface area contributed by atoms with Crippen LogP contribution in [0.2, 0.25) is 0 Å². The summed E-state index contributed by atoms with van der Waals surface area (Å²) in [5.74, 6) is 0.690. The molecule has 0 aliphatic carbocycles. The van der Waals surface area contributed by atoms with Crippen molar-refractivity contribution in [2.45, 2.75) is 25.8 Å². The first-order chi connectivity index (χ1) is 14.4. The van der Waals surface area contributed by atoms with Gasteiger partial charge in [0.25, 0.3) is 5.56 Å². The van der Waals surface area contributed by atoms with Crippen LogP contribution < -0.4 is 10.9 Å². The third-order valence-electron chi connectivity index (χ3n) is 5.62. The Balaban J connectivity index is 1.34. The number of carbonyl (C=O) groups excluding carboxylic acids is 2. The summed E-state index contributed by atoms with van der Waals surface area (Å²) in [5, 5.41) is 2.83. The number of anilines is 1. The van der Waals surface area contributed by atoms with Crippen LogP contribution in [-0.2, 0) is 11.3 Å². The van der Waals surface area contributed by atoms with Crippen molar-refractivity contribution in [2.75, 3.05) is 24.2 Å². The molecule has 6 nitrogen and oxygen atoms in total. The molecule has 4 rings (SSSR count). The minimum Gasteiger partial charge on any atom is -0.356 e. The summed E-state index contributed by atoms with van der Waals surface area (Å²) in [6.45, 7) is 3.81. The van der Waals surface area contributed by atoms with Crippen molar-refractivity contribution < 1.29 is 9.59 Å². The van der Waals surface area contributed by atoms with Gasteiger partial charge >= 0.3 is 0 Å². The average Bonchev–Trinajstić information content (AvgIpc) is 2.73. The van der Waals surface area contributed by atoms with Crippen LogP contribution in [0.1, 0.15) is 35.3 Å². The van der Waals surface area contributed by atoms with Gasteiger partial charge in [-0.2, -0.15) is 0 Å². The number of amides is 1. The molecule has 156 valence electrons. The van der Waals surface area contributed by atoms with E-state index in [1.165, 1.54) is 18.7 Å². The Morgan fingerprint density at radius 2 is 1.97 bits per heavy atom. The van der Waals surface area contributed by atoms with Crippen LogP contribution in [0.15, 0.2) is 47.3 Å². The topological polar surface area (TPSA) is 71.4 Å². The highest BCUT2D eigenvalue weighted by molar-refractivity contribution is 8.23. The fraction of sp³-hybridized carbons (Fsp3) is 0.364. The number of nitrogens with zero attached hydrogens (tertiary/aromatic N) is 2. The number of carbonyl (C=O) groups is 2. The van der Waals surface area contributed by atoms with Crippen LogP contribution in [0.25, 0.3) is 0 Å². The van der Waals surface area contributed by atoms with Crippen LogP contribution in [-0.4, -0.2) is 44.3 Å². The van der Waals surface area contributed by atoms with Crippen LogP contribution in [0, 0.1) is 5.92 Å². The molecule has 0 spiro atoms. The number of fused-ring (bicyclic) bond motifs is 4. The molecule has 2 bridgehead atoms.